The van der Waals surface area contributed by atoms with Crippen LogP contribution < -0.4 is 4.74 Å². The summed E-state index contributed by atoms with van der Waals surface area (Å²) in [6.45, 7) is 2.15. The highest BCUT2D eigenvalue weighted by Crippen LogP contribution is 2.26. The number of hydrogen-bond donors (Lipinski definition) is 0. The number of allylic oxidation sites excluding steroid dienone is 1. The minimum Gasteiger partial charge on any atom is -0.480 e. The SMILES string of the molecule is C#CCOc1ccccc1C(=O)/C=C/c1cn(-c2ccccc2)nc1-c1ccc(C)cc1. The molecule has 1 aromatic heterocycles. The first-order valence-corrected chi connectivity index (χ1v) is 10.3. The number of aromatic nitrogens is 2. The van der Waals surface area contributed by atoms with Crippen molar-refractivity contribution in [3.8, 4) is 35.0 Å². The number of carbonyl (C=O) groups excluding carboxylic acids is 1. The minimum absolute atomic E-state index is 0.107. The summed E-state index contributed by atoms with van der Waals surface area (Å²) in [7, 11) is 0. The number of rotatable bonds is 7. The monoisotopic (exact) mass is 418 g/mol. The first kappa shape index (κ1) is 20.9. The molecule has 0 radical (unpaired) electrons. The smallest absolute Gasteiger partial charge is 0.189 e. The Morgan fingerprint density at radius 2 is 1.75 bits per heavy atom. The van der Waals surface area contributed by atoms with Gasteiger partial charge in [-0.15, -0.1) is 6.42 Å². The van der Waals surface area contributed by atoms with E-state index in [1.54, 1.807) is 30.4 Å². The van der Waals surface area contributed by atoms with Crippen LogP contribution in [0.15, 0.2) is 91.1 Å². The Kier molecular flexibility index (Phi) is 6.29. The summed E-state index contributed by atoms with van der Waals surface area (Å²) in [5.41, 5.74) is 5.20. The van der Waals surface area contributed by atoms with Crippen LogP contribution in [0.4, 0.5) is 0 Å². The van der Waals surface area contributed by atoms with E-state index >= 15 is 0 Å². The van der Waals surface area contributed by atoms with Crippen LogP contribution >= 0.6 is 0 Å². The van der Waals surface area contributed by atoms with E-state index in [1.165, 1.54) is 5.56 Å². The Balaban J connectivity index is 1.70. The quantitative estimate of drug-likeness (QED) is 0.218. The largest absolute Gasteiger partial charge is 0.480 e. The maximum absolute atomic E-state index is 12.9. The number of carbonyl (C=O) groups is 1. The summed E-state index contributed by atoms with van der Waals surface area (Å²) < 4.78 is 7.34. The summed E-state index contributed by atoms with van der Waals surface area (Å²) >= 11 is 0. The average Bonchev–Trinajstić information content (AvgIpc) is 3.27. The lowest BCUT2D eigenvalue weighted by molar-refractivity contribution is 0.104. The van der Waals surface area contributed by atoms with Gasteiger partial charge in [-0.3, -0.25) is 4.79 Å². The number of terminal acetylenes is 1. The molecule has 0 aliphatic carbocycles. The fraction of sp³-hybridized carbons (Fsp3) is 0.0714. The molecular formula is C28H22N2O2. The molecule has 0 amide bonds. The molecule has 4 aromatic rings. The van der Waals surface area contributed by atoms with Crippen molar-refractivity contribution in [2.75, 3.05) is 6.61 Å². The van der Waals surface area contributed by atoms with Crippen molar-refractivity contribution in [3.63, 3.8) is 0 Å². The van der Waals surface area contributed by atoms with Crippen LogP contribution in [0.25, 0.3) is 23.0 Å². The van der Waals surface area contributed by atoms with Crippen molar-refractivity contribution in [2.45, 2.75) is 6.92 Å². The zero-order valence-electron chi connectivity index (χ0n) is 17.7. The van der Waals surface area contributed by atoms with Crippen molar-refractivity contribution in [2.24, 2.45) is 0 Å². The van der Waals surface area contributed by atoms with E-state index in [0.29, 0.717) is 11.3 Å². The van der Waals surface area contributed by atoms with E-state index in [1.807, 2.05) is 66.3 Å². The molecule has 0 atom stereocenters. The van der Waals surface area contributed by atoms with Crippen LogP contribution in [0.3, 0.4) is 0 Å². The molecule has 156 valence electrons. The van der Waals surface area contributed by atoms with Crippen molar-refractivity contribution < 1.29 is 9.53 Å². The predicted molar refractivity (Wildman–Crippen MR) is 128 cm³/mol. The van der Waals surface area contributed by atoms with Gasteiger partial charge in [0.1, 0.15) is 12.4 Å². The second-order valence-corrected chi connectivity index (χ2v) is 7.27. The molecule has 0 aliphatic rings. The molecule has 32 heavy (non-hydrogen) atoms. The molecule has 1 heterocycles. The third-order valence-electron chi connectivity index (χ3n) is 4.97. The zero-order valence-corrected chi connectivity index (χ0v) is 17.7. The Labute approximate surface area is 187 Å². The van der Waals surface area contributed by atoms with Crippen LogP contribution in [0.2, 0.25) is 0 Å². The topological polar surface area (TPSA) is 44.1 Å². The minimum atomic E-state index is -0.167. The van der Waals surface area contributed by atoms with Crippen LogP contribution in [-0.4, -0.2) is 22.2 Å². The highest BCUT2D eigenvalue weighted by Gasteiger charge is 2.13. The number of aryl methyl sites for hydroxylation is 1. The van der Waals surface area contributed by atoms with Gasteiger partial charge in [-0.25, -0.2) is 4.68 Å². The van der Waals surface area contributed by atoms with Gasteiger partial charge < -0.3 is 4.74 Å². The van der Waals surface area contributed by atoms with Gasteiger partial charge in [0, 0.05) is 17.3 Å². The molecule has 4 heteroatoms. The second kappa shape index (κ2) is 9.63. The molecule has 4 rings (SSSR count). The van der Waals surface area contributed by atoms with Gasteiger partial charge in [0.25, 0.3) is 0 Å². The lowest BCUT2D eigenvalue weighted by Gasteiger charge is -2.06. The fourth-order valence-electron chi connectivity index (χ4n) is 3.33. The lowest BCUT2D eigenvalue weighted by Crippen LogP contribution is -2.02. The predicted octanol–water partition coefficient (Wildman–Crippen LogP) is 5.76. The van der Waals surface area contributed by atoms with Gasteiger partial charge in [-0.05, 0) is 43.3 Å². The van der Waals surface area contributed by atoms with Crippen molar-refractivity contribution in [1.82, 2.24) is 9.78 Å². The molecule has 0 unspecified atom stereocenters. The summed E-state index contributed by atoms with van der Waals surface area (Å²) in [5.74, 6) is 2.73. The van der Waals surface area contributed by atoms with E-state index in [-0.39, 0.29) is 12.4 Å². The van der Waals surface area contributed by atoms with Crippen LogP contribution in [0.5, 0.6) is 5.75 Å². The lowest BCUT2D eigenvalue weighted by atomic mass is 10.0. The van der Waals surface area contributed by atoms with Gasteiger partial charge in [0.05, 0.1) is 16.9 Å². The highest BCUT2D eigenvalue weighted by atomic mass is 16.5. The number of ketones is 1. The molecule has 0 spiro atoms. The van der Waals surface area contributed by atoms with E-state index in [2.05, 4.69) is 18.1 Å². The fourth-order valence-corrected chi connectivity index (χ4v) is 3.33. The van der Waals surface area contributed by atoms with Crippen LogP contribution in [0.1, 0.15) is 21.5 Å². The van der Waals surface area contributed by atoms with Gasteiger partial charge >= 0.3 is 0 Å². The molecule has 4 nitrogen and oxygen atoms in total. The van der Waals surface area contributed by atoms with Crippen LogP contribution in [-0.2, 0) is 0 Å². The highest BCUT2D eigenvalue weighted by molar-refractivity contribution is 6.08. The maximum Gasteiger partial charge on any atom is 0.189 e. The molecule has 0 saturated heterocycles. The summed E-state index contributed by atoms with van der Waals surface area (Å²) in [6.07, 6.45) is 10.5. The molecule has 3 aromatic carbocycles. The third kappa shape index (κ3) is 4.69. The Morgan fingerprint density at radius 3 is 2.50 bits per heavy atom. The number of benzene rings is 3. The molecule has 0 aliphatic heterocycles. The molecule has 0 fully saturated rings. The average molecular weight is 418 g/mol. The van der Waals surface area contributed by atoms with E-state index in [9.17, 15) is 4.79 Å². The maximum atomic E-state index is 12.9. The van der Waals surface area contributed by atoms with Crippen molar-refractivity contribution in [1.29, 1.82) is 0 Å². The van der Waals surface area contributed by atoms with Crippen molar-refractivity contribution in [3.05, 3.63) is 108 Å². The van der Waals surface area contributed by atoms with Crippen molar-refractivity contribution >= 4 is 11.9 Å². The summed E-state index contributed by atoms with van der Waals surface area (Å²) in [5, 5.41) is 4.80. The first-order valence-electron chi connectivity index (χ1n) is 10.3. The van der Waals surface area contributed by atoms with Gasteiger partial charge in [0.15, 0.2) is 5.78 Å². The Hall–Kier alpha value is -4.36. The van der Waals surface area contributed by atoms with E-state index in [0.717, 1.165) is 22.5 Å². The van der Waals surface area contributed by atoms with Crippen LogP contribution in [0, 0.1) is 19.3 Å². The standard InChI is InChI=1S/C28H22N2O2/c1-3-19-32-27-12-8-7-11-25(27)26(31)18-17-23-20-30(24-9-5-4-6-10-24)29-28(23)22-15-13-21(2)14-16-22/h1,4-18,20H,19H2,2H3/b18-17+. The number of nitrogens with zero attached hydrogens (tertiary/aromatic N) is 2. The van der Waals surface area contributed by atoms with Gasteiger partial charge in [-0.2, -0.15) is 5.10 Å². The molecule has 0 bridgehead atoms. The van der Waals surface area contributed by atoms with E-state index in [4.69, 9.17) is 16.3 Å². The first-order chi connectivity index (χ1) is 15.7. The molecule has 0 saturated carbocycles. The Morgan fingerprint density at radius 1 is 1.03 bits per heavy atom. The zero-order chi connectivity index (χ0) is 22.3. The van der Waals surface area contributed by atoms with Gasteiger partial charge in [0.2, 0.25) is 0 Å². The normalized spacial score (nSPS) is 10.8. The third-order valence-corrected chi connectivity index (χ3v) is 4.97. The second-order valence-electron chi connectivity index (χ2n) is 7.27. The molecular weight excluding hydrogens is 396 g/mol. The summed E-state index contributed by atoms with van der Waals surface area (Å²) in [6, 6.07) is 25.1. The molecule has 0 N–H and O–H groups in total. The Bertz CT molecular complexity index is 1290. The number of ether oxygens (including phenoxy) is 1. The number of hydrogen-bond acceptors (Lipinski definition) is 3. The van der Waals surface area contributed by atoms with Gasteiger partial charge in [-0.1, -0.05) is 66.1 Å². The van der Waals surface area contributed by atoms with E-state index < -0.39 is 0 Å². The number of para-hydroxylation sites is 2. The summed E-state index contributed by atoms with van der Waals surface area (Å²) in [4.78, 5) is 12.9.